The molecule has 186 valence electrons. The van der Waals surface area contributed by atoms with Crippen LogP contribution in [0, 0.1) is 0 Å². The normalized spacial score (nSPS) is 10.8. The first-order chi connectivity index (χ1) is 16.9. The van der Waals surface area contributed by atoms with Gasteiger partial charge in [0.25, 0.3) is 5.56 Å². The third kappa shape index (κ3) is 6.33. The Balaban J connectivity index is 1.84. The number of unbranched alkanes of at least 4 members (excludes halogenated alkanes) is 2. The van der Waals surface area contributed by atoms with Gasteiger partial charge in [-0.2, -0.15) is 0 Å². The van der Waals surface area contributed by atoms with E-state index >= 15 is 0 Å². The smallest absolute Gasteiger partial charge is 0.262 e. The second-order valence-electron chi connectivity index (χ2n) is 7.77. The number of thioether (sulfide) groups is 1. The van der Waals surface area contributed by atoms with Crippen LogP contribution in [0.2, 0.25) is 0 Å². The molecule has 0 radical (unpaired) electrons. The van der Waals surface area contributed by atoms with Crippen LogP contribution in [0.25, 0.3) is 10.9 Å². The van der Waals surface area contributed by atoms with E-state index in [1.165, 1.54) is 33.1 Å². The van der Waals surface area contributed by atoms with E-state index in [4.69, 9.17) is 19.9 Å². The Bertz CT molecular complexity index is 1250. The van der Waals surface area contributed by atoms with Crippen LogP contribution in [0.5, 0.6) is 17.2 Å². The van der Waals surface area contributed by atoms with Gasteiger partial charge in [-0.15, -0.1) is 0 Å². The number of methoxy groups -OCH3 is 3. The molecule has 1 heterocycles. The van der Waals surface area contributed by atoms with Crippen LogP contribution >= 0.6 is 11.8 Å². The number of carbonyl (C=O) groups excluding carboxylic acids is 2. The molecule has 0 saturated carbocycles. The van der Waals surface area contributed by atoms with E-state index in [-0.39, 0.29) is 23.0 Å². The summed E-state index contributed by atoms with van der Waals surface area (Å²) in [5.41, 5.74) is 6.01. The largest absolute Gasteiger partial charge is 0.493 e. The molecule has 0 unspecified atom stereocenters. The van der Waals surface area contributed by atoms with Gasteiger partial charge in [0.05, 0.1) is 38.0 Å². The molecule has 0 fully saturated rings. The number of amides is 1. The number of benzene rings is 2. The van der Waals surface area contributed by atoms with Crippen LogP contribution in [-0.2, 0) is 11.3 Å². The van der Waals surface area contributed by atoms with E-state index in [9.17, 15) is 14.4 Å². The van der Waals surface area contributed by atoms with Crippen molar-refractivity contribution < 1.29 is 23.8 Å². The Labute approximate surface area is 207 Å². The molecular weight excluding hydrogens is 470 g/mol. The number of nitrogens with two attached hydrogens (primary N) is 1. The van der Waals surface area contributed by atoms with Crippen molar-refractivity contribution in [3.05, 3.63) is 52.3 Å². The lowest BCUT2D eigenvalue weighted by molar-refractivity contribution is -0.118. The molecule has 0 saturated heterocycles. The molecule has 1 amide bonds. The van der Waals surface area contributed by atoms with E-state index in [0.717, 1.165) is 6.42 Å². The zero-order valence-electron chi connectivity index (χ0n) is 20.0. The van der Waals surface area contributed by atoms with E-state index in [1.807, 2.05) is 6.07 Å². The molecule has 1 aromatic heterocycles. The number of aromatic nitrogens is 2. The van der Waals surface area contributed by atoms with E-state index in [2.05, 4.69) is 4.98 Å². The summed E-state index contributed by atoms with van der Waals surface area (Å²) in [4.78, 5) is 41.8. The number of rotatable bonds is 13. The summed E-state index contributed by atoms with van der Waals surface area (Å²) in [7, 11) is 4.47. The first kappa shape index (κ1) is 26.1. The number of nitrogens with zero attached hydrogens (tertiary/aromatic N) is 2. The SMILES string of the molecule is COc1cc(C(=O)CSc2nc3ccccc3c(=O)n2CCCCCC(N)=O)cc(OC)c1OC. The number of hydrogen-bond donors (Lipinski definition) is 1. The summed E-state index contributed by atoms with van der Waals surface area (Å²) in [5, 5.41) is 0.981. The molecule has 0 aliphatic carbocycles. The predicted octanol–water partition coefficient (Wildman–Crippen LogP) is 3.44. The van der Waals surface area contributed by atoms with Crippen LogP contribution in [0.3, 0.4) is 0 Å². The van der Waals surface area contributed by atoms with Gasteiger partial charge in [0, 0.05) is 18.5 Å². The van der Waals surface area contributed by atoms with Crippen LogP contribution in [-0.4, -0.2) is 48.3 Å². The number of ether oxygens (including phenoxy) is 3. The van der Waals surface area contributed by atoms with Gasteiger partial charge in [0.1, 0.15) is 0 Å². The molecule has 2 aromatic carbocycles. The van der Waals surface area contributed by atoms with Gasteiger partial charge in [0.15, 0.2) is 22.4 Å². The lowest BCUT2D eigenvalue weighted by Gasteiger charge is -2.14. The fourth-order valence-corrected chi connectivity index (χ4v) is 4.58. The number of para-hydroxylation sites is 1. The van der Waals surface area contributed by atoms with Crippen molar-refractivity contribution >= 4 is 34.4 Å². The van der Waals surface area contributed by atoms with Crippen LogP contribution in [0.4, 0.5) is 0 Å². The Morgan fingerprint density at radius 1 is 1.00 bits per heavy atom. The molecule has 0 spiro atoms. The number of primary amides is 1. The van der Waals surface area contributed by atoms with Gasteiger partial charge < -0.3 is 19.9 Å². The summed E-state index contributed by atoms with van der Waals surface area (Å²) < 4.78 is 17.6. The predicted molar refractivity (Wildman–Crippen MR) is 135 cm³/mol. The minimum Gasteiger partial charge on any atom is -0.493 e. The van der Waals surface area contributed by atoms with Gasteiger partial charge in [-0.25, -0.2) is 4.98 Å². The molecule has 9 nitrogen and oxygen atoms in total. The standard InChI is InChI=1S/C25H29N3O6S/c1-32-20-13-16(14-21(33-2)23(20)34-3)19(29)15-35-25-27-18-10-7-6-9-17(18)24(31)28(25)12-8-4-5-11-22(26)30/h6-7,9-10,13-14H,4-5,8,11-12,15H2,1-3H3,(H2,26,30). The van der Waals surface area contributed by atoms with E-state index in [0.29, 0.717) is 64.7 Å². The number of carbonyl (C=O) groups is 2. The van der Waals surface area contributed by atoms with E-state index in [1.54, 1.807) is 34.9 Å². The Morgan fingerprint density at radius 3 is 2.31 bits per heavy atom. The highest BCUT2D eigenvalue weighted by molar-refractivity contribution is 7.99. The van der Waals surface area contributed by atoms with Gasteiger partial charge in [0.2, 0.25) is 11.7 Å². The van der Waals surface area contributed by atoms with Crippen LogP contribution in [0.1, 0.15) is 36.0 Å². The third-order valence-electron chi connectivity index (χ3n) is 5.45. The summed E-state index contributed by atoms with van der Waals surface area (Å²) in [6.45, 7) is 0.427. The zero-order valence-corrected chi connectivity index (χ0v) is 20.9. The van der Waals surface area contributed by atoms with Crippen molar-refractivity contribution in [1.82, 2.24) is 9.55 Å². The Hall–Kier alpha value is -3.53. The number of hydrogen-bond acceptors (Lipinski definition) is 8. The second kappa shape index (κ2) is 12.3. The van der Waals surface area contributed by atoms with Crippen molar-refractivity contribution in [1.29, 1.82) is 0 Å². The number of fused-ring (bicyclic) bond motifs is 1. The van der Waals surface area contributed by atoms with Gasteiger partial charge in [-0.05, 0) is 37.1 Å². The first-order valence-electron chi connectivity index (χ1n) is 11.1. The summed E-state index contributed by atoms with van der Waals surface area (Å²) in [6, 6.07) is 10.3. The van der Waals surface area contributed by atoms with E-state index < -0.39 is 0 Å². The molecular formula is C25H29N3O6S. The van der Waals surface area contributed by atoms with Gasteiger partial charge in [-0.1, -0.05) is 30.3 Å². The number of Topliss-reactive ketones (excluding diaryl/α,β-unsaturated/α-hetero) is 1. The average Bonchev–Trinajstić information content (AvgIpc) is 2.87. The fourth-order valence-electron chi connectivity index (χ4n) is 3.66. The molecule has 0 aliphatic heterocycles. The topological polar surface area (TPSA) is 123 Å². The highest BCUT2D eigenvalue weighted by Crippen LogP contribution is 2.38. The molecule has 0 bridgehead atoms. The van der Waals surface area contributed by atoms with Crippen molar-refractivity contribution in [2.75, 3.05) is 27.1 Å². The summed E-state index contributed by atoms with van der Waals surface area (Å²) >= 11 is 1.20. The molecule has 2 N–H and O–H groups in total. The third-order valence-corrected chi connectivity index (χ3v) is 6.43. The van der Waals surface area contributed by atoms with Crippen molar-refractivity contribution in [3.63, 3.8) is 0 Å². The minimum atomic E-state index is -0.337. The Morgan fingerprint density at radius 2 is 1.69 bits per heavy atom. The summed E-state index contributed by atoms with van der Waals surface area (Å²) in [5.74, 6) is 0.723. The highest BCUT2D eigenvalue weighted by atomic mass is 32.2. The monoisotopic (exact) mass is 499 g/mol. The maximum Gasteiger partial charge on any atom is 0.262 e. The highest BCUT2D eigenvalue weighted by Gasteiger charge is 2.19. The van der Waals surface area contributed by atoms with Crippen molar-refractivity contribution in [2.24, 2.45) is 5.73 Å². The summed E-state index contributed by atoms with van der Waals surface area (Å²) in [6.07, 6.45) is 2.40. The average molecular weight is 500 g/mol. The lowest BCUT2D eigenvalue weighted by atomic mass is 10.1. The van der Waals surface area contributed by atoms with Crippen molar-refractivity contribution in [2.45, 2.75) is 37.4 Å². The molecule has 35 heavy (non-hydrogen) atoms. The van der Waals surface area contributed by atoms with Gasteiger partial charge >= 0.3 is 0 Å². The Kier molecular flexibility index (Phi) is 9.13. The zero-order chi connectivity index (χ0) is 25.4. The van der Waals surface area contributed by atoms with Crippen LogP contribution < -0.4 is 25.5 Å². The van der Waals surface area contributed by atoms with Crippen molar-refractivity contribution in [3.8, 4) is 17.2 Å². The first-order valence-corrected chi connectivity index (χ1v) is 12.1. The second-order valence-corrected chi connectivity index (χ2v) is 8.71. The number of ketones is 1. The molecule has 0 aliphatic rings. The quantitative estimate of drug-likeness (QED) is 0.164. The molecule has 10 heteroatoms. The molecule has 3 aromatic rings. The molecule has 3 rings (SSSR count). The maximum atomic E-state index is 13.2. The molecule has 0 atom stereocenters. The maximum absolute atomic E-state index is 13.2. The fraction of sp³-hybridized carbons (Fsp3) is 0.360. The minimum absolute atomic E-state index is 0.0606. The van der Waals surface area contributed by atoms with Gasteiger partial charge in [-0.3, -0.25) is 19.0 Å². The lowest BCUT2D eigenvalue weighted by Crippen LogP contribution is -2.24. The van der Waals surface area contributed by atoms with Crippen LogP contribution in [0.15, 0.2) is 46.3 Å².